The van der Waals surface area contributed by atoms with Gasteiger partial charge in [0.25, 0.3) is 0 Å². The Bertz CT molecular complexity index is 198. The van der Waals surface area contributed by atoms with E-state index in [2.05, 4.69) is 36.1 Å². The second-order valence-electron chi connectivity index (χ2n) is 6.32. The van der Waals surface area contributed by atoms with Crippen LogP contribution in [0.2, 0.25) is 0 Å². The lowest BCUT2D eigenvalue weighted by molar-refractivity contribution is 0.160. The zero-order valence-electron chi connectivity index (χ0n) is 13.5. The van der Waals surface area contributed by atoms with Crippen molar-refractivity contribution in [2.24, 2.45) is 5.92 Å². The number of hydrogen-bond acceptors (Lipinski definition) is 3. The minimum absolute atomic E-state index is 0.936. The highest BCUT2D eigenvalue weighted by Gasteiger charge is 2.18. The molecule has 0 spiro atoms. The van der Waals surface area contributed by atoms with E-state index in [0.29, 0.717) is 0 Å². The molecule has 1 N–H and O–H groups in total. The zero-order chi connectivity index (χ0) is 13.9. The molecule has 1 rings (SSSR count). The molecule has 0 aromatic rings. The van der Waals surface area contributed by atoms with Gasteiger partial charge >= 0.3 is 0 Å². The molecular weight excluding hydrogens is 234 g/mol. The van der Waals surface area contributed by atoms with Gasteiger partial charge in [-0.05, 0) is 78.4 Å². The van der Waals surface area contributed by atoms with Crippen LogP contribution in [0.1, 0.15) is 45.4 Å². The highest BCUT2D eigenvalue weighted by atomic mass is 15.1. The molecule has 0 aromatic carbocycles. The van der Waals surface area contributed by atoms with E-state index in [9.17, 15) is 0 Å². The predicted octanol–water partition coefficient (Wildman–Crippen LogP) is 2.43. The van der Waals surface area contributed by atoms with Crippen molar-refractivity contribution in [2.75, 3.05) is 53.4 Å². The third kappa shape index (κ3) is 8.61. The molecule has 0 bridgehead atoms. The summed E-state index contributed by atoms with van der Waals surface area (Å²) in [6.45, 7) is 9.76. The van der Waals surface area contributed by atoms with Crippen LogP contribution in [0.15, 0.2) is 0 Å². The van der Waals surface area contributed by atoms with E-state index < -0.39 is 0 Å². The van der Waals surface area contributed by atoms with Crippen LogP contribution >= 0.6 is 0 Å². The molecule has 114 valence electrons. The zero-order valence-corrected chi connectivity index (χ0v) is 13.5. The van der Waals surface area contributed by atoms with E-state index in [1.165, 1.54) is 71.2 Å². The van der Waals surface area contributed by atoms with Crippen molar-refractivity contribution in [3.8, 4) is 0 Å². The summed E-state index contributed by atoms with van der Waals surface area (Å²) in [5.41, 5.74) is 0. The Hall–Kier alpha value is -0.120. The van der Waals surface area contributed by atoms with Crippen LogP contribution in [0, 0.1) is 5.92 Å². The van der Waals surface area contributed by atoms with Crippen molar-refractivity contribution in [3.63, 3.8) is 0 Å². The van der Waals surface area contributed by atoms with Gasteiger partial charge in [-0.15, -0.1) is 0 Å². The molecule has 1 fully saturated rings. The number of rotatable bonds is 10. The van der Waals surface area contributed by atoms with Crippen LogP contribution in [0.4, 0.5) is 0 Å². The second kappa shape index (κ2) is 10.6. The van der Waals surface area contributed by atoms with Crippen molar-refractivity contribution in [1.82, 2.24) is 15.1 Å². The molecule has 0 aromatic heterocycles. The topological polar surface area (TPSA) is 18.5 Å². The Labute approximate surface area is 120 Å². The van der Waals surface area contributed by atoms with Crippen LogP contribution in [-0.2, 0) is 0 Å². The number of nitrogens with one attached hydrogen (secondary N) is 1. The summed E-state index contributed by atoms with van der Waals surface area (Å²) in [6, 6.07) is 0. The van der Waals surface area contributed by atoms with Gasteiger partial charge in [0.15, 0.2) is 0 Å². The first-order valence-electron chi connectivity index (χ1n) is 8.30. The molecule has 3 heteroatoms. The molecule has 0 aliphatic carbocycles. The summed E-state index contributed by atoms with van der Waals surface area (Å²) in [5, 5.41) is 3.39. The van der Waals surface area contributed by atoms with E-state index >= 15 is 0 Å². The first kappa shape index (κ1) is 16.9. The minimum Gasteiger partial charge on any atom is -0.317 e. The smallest absolute Gasteiger partial charge is 0.000451 e. The van der Waals surface area contributed by atoms with Crippen LogP contribution in [0.3, 0.4) is 0 Å². The third-order valence-electron chi connectivity index (χ3n) is 4.16. The monoisotopic (exact) mass is 269 g/mol. The maximum absolute atomic E-state index is 3.39. The van der Waals surface area contributed by atoms with E-state index in [4.69, 9.17) is 0 Å². The summed E-state index contributed by atoms with van der Waals surface area (Å²) in [4.78, 5) is 5.01. The molecule has 0 amide bonds. The molecule has 1 aliphatic rings. The highest BCUT2D eigenvalue weighted by molar-refractivity contribution is 4.73. The Morgan fingerprint density at radius 2 is 1.74 bits per heavy atom. The summed E-state index contributed by atoms with van der Waals surface area (Å²) in [5.74, 6) is 0.936. The molecule has 0 unspecified atom stereocenters. The molecule has 0 saturated carbocycles. The predicted molar refractivity (Wildman–Crippen MR) is 84.7 cm³/mol. The van der Waals surface area contributed by atoms with Crippen molar-refractivity contribution in [2.45, 2.75) is 45.4 Å². The molecule has 3 nitrogen and oxygen atoms in total. The Morgan fingerprint density at radius 1 is 1.05 bits per heavy atom. The van der Waals surface area contributed by atoms with Gasteiger partial charge < -0.3 is 15.1 Å². The first-order chi connectivity index (χ1) is 9.22. The maximum atomic E-state index is 3.39. The van der Waals surface area contributed by atoms with Gasteiger partial charge in [0, 0.05) is 6.54 Å². The summed E-state index contributed by atoms with van der Waals surface area (Å²) < 4.78 is 0. The van der Waals surface area contributed by atoms with Crippen LogP contribution in [-0.4, -0.2) is 63.2 Å². The van der Waals surface area contributed by atoms with Crippen molar-refractivity contribution in [3.05, 3.63) is 0 Å². The quantitative estimate of drug-likeness (QED) is 0.615. The summed E-state index contributed by atoms with van der Waals surface area (Å²) in [7, 11) is 4.39. The van der Waals surface area contributed by atoms with Gasteiger partial charge in [-0.1, -0.05) is 19.8 Å². The highest BCUT2D eigenvalue weighted by Crippen LogP contribution is 2.18. The van der Waals surface area contributed by atoms with E-state index in [-0.39, 0.29) is 0 Å². The average molecular weight is 269 g/mol. The minimum atomic E-state index is 0.936. The standard InChI is InChI=1S/C16H35N3/c1-4-17-11-7-5-6-8-12-19-13-9-16(10-14-19)15-18(2)3/h16-17H,4-15H2,1-3H3. The molecule has 0 radical (unpaired) electrons. The second-order valence-corrected chi connectivity index (χ2v) is 6.32. The molecule has 1 saturated heterocycles. The van der Waals surface area contributed by atoms with Crippen LogP contribution in [0.25, 0.3) is 0 Å². The number of unbranched alkanes of at least 4 members (excludes halogenated alkanes) is 3. The van der Waals surface area contributed by atoms with E-state index in [1.54, 1.807) is 0 Å². The van der Waals surface area contributed by atoms with Crippen LogP contribution < -0.4 is 5.32 Å². The van der Waals surface area contributed by atoms with Gasteiger partial charge in [-0.25, -0.2) is 0 Å². The molecule has 1 heterocycles. The lowest BCUT2D eigenvalue weighted by atomic mass is 9.96. The Morgan fingerprint density at radius 3 is 2.37 bits per heavy atom. The normalized spacial score (nSPS) is 18.3. The fourth-order valence-corrected chi connectivity index (χ4v) is 3.02. The van der Waals surface area contributed by atoms with Gasteiger partial charge in [-0.2, -0.15) is 0 Å². The van der Waals surface area contributed by atoms with Gasteiger partial charge in [0.1, 0.15) is 0 Å². The summed E-state index contributed by atoms with van der Waals surface area (Å²) >= 11 is 0. The van der Waals surface area contributed by atoms with E-state index in [1.807, 2.05) is 0 Å². The fraction of sp³-hybridized carbons (Fsp3) is 1.00. The van der Waals surface area contributed by atoms with Gasteiger partial charge in [0.2, 0.25) is 0 Å². The van der Waals surface area contributed by atoms with Gasteiger partial charge in [-0.3, -0.25) is 0 Å². The van der Waals surface area contributed by atoms with Gasteiger partial charge in [0.05, 0.1) is 0 Å². The average Bonchev–Trinajstić information content (AvgIpc) is 2.39. The Balaban J connectivity index is 1.92. The van der Waals surface area contributed by atoms with Crippen molar-refractivity contribution < 1.29 is 0 Å². The fourth-order valence-electron chi connectivity index (χ4n) is 3.02. The number of hydrogen-bond donors (Lipinski definition) is 1. The first-order valence-corrected chi connectivity index (χ1v) is 8.30. The number of piperidine rings is 1. The summed E-state index contributed by atoms with van der Waals surface area (Å²) in [6.07, 6.45) is 8.34. The lowest BCUT2D eigenvalue weighted by Gasteiger charge is -2.33. The van der Waals surface area contributed by atoms with Crippen molar-refractivity contribution >= 4 is 0 Å². The van der Waals surface area contributed by atoms with Crippen LogP contribution in [0.5, 0.6) is 0 Å². The molecule has 19 heavy (non-hydrogen) atoms. The third-order valence-corrected chi connectivity index (χ3v) is 4.16. The van der Waals surface area contributed by atoms with Crippen molar-refractivity contribution in [1.29, 1.82) is 0 Å². The molecule has 0 atom stereocenters. The van der Waals surface area contributed by atoms with E-state index in [0.717, 1.165) is 12.5 Å². The largest absolute Gasteiger partial charge is 0.317 e. The maximum Gasteiger partial charge on any atom is 0.000451 e. The molecule has 1 aliphatic heterocycles. The Kier molecular flexibility index (Phi) is 9.48. The molecular formula is C16H35N3. The number of nitrogens with zero attached hydrogens (tertiary/aromatic N) is 2. The lowest BCUT2D eigenvalue weighted by Crippen LogP contribution is -2.37. The number of likely N-dealkylation sites (tertiary alicyclic amines) is 1. The SMILES string of the molecule is CCNCCCCCCN1CCC(CN(C)C)CC1.